The highest BCUT2D eigenvalue weighted by molar-refractivity contribution is 8.00. The normalized spacial score (nSPS) is 11.8. The van der Waals surface area contributed by atoms with Gasteiger partial charge in [-0.05, 0) is 49.7 Å². The minimum atomic E-state index is -0.874. The summed E-state index contributed by atoms with van der Waals surface area (Å²) >= 11 is 1.39. The van der Waals surface area contributed by atoms with E-state index in [2.05, 4.69) is 5.32 Å². The average molecular weight is 400 g/mol. The molecule has 2 rings (SSSR count). The maximum atomic E-state index is 12.5. The van der Waals surface area contributed by atoms with Crippen molar-refractivity contribution in [2.24, 2.45) is 5.92 Å². The fourth-order valence-electron chi connectivity index (χ4n) is 2.38. The molecule has 1 N–H and O–H groups in total. The lowest BCUT2D eigenvalue weighted by atomic mass is 10.1. The summed E-state index contributed by atoms with van der Waals surface area (Å²) in [7, 11) is 0. The number of thioether (sulfide) groups is 1. The first kappa shape index (κ1) is 21.7. The number of esters is 1. The summed E-state index contributed by atoms with van der Waals surface area (Å²) in [4.78, 5) is 37.3. The van der Waals surface area contributed by atoms with Crippen LogP contribution in [-0.2, 0) is 14.3 Å². The molecule has 148 valence electrons. The van der Waals surface area contributed by atoms with E-state index in [9.17, 15) is 14.4 Å². The second-order valence-electron chi connectivity index (χ2n) is 6.77. The highest BCUT2D eigenvalue weighted by Crippen LogP contribution is 2.22. The Kier molecular flexibility index (Phi) is 7.81. The predicted molar refractivity (Wildman–Crippen MR) is 112 cm³/mol. The smallest absolute Gasteiger partial charge is 0.316 e. The molecule has 5 nitrogen and oxygen atoms in total. The molecule has 0 saturated heterocycles. The van der Waals surface area contributed by atoms with Gasteiger partial charge in [-0.15, -0.1) is 11.8 Å². The Bertz CT molecular complexity index is 846. The van der Waals surface area contributed by atoms with Crippen molar-refractivity contribution in [2.75, 3.05) is 11.1 Å². The van der Waals surface area contributed by atoms with Gasteiger partial charge in [0.15, 0.2) is 6.10 Å². The van der Waals surface area contributed by atoms with Crippen molar-refractivity contribution >= 4 is 35.1 Å². The van der Waals surface area contributed by atoms with Crippen LogP contribution in [-0.4, -0.2) is 29.5 Å². The largest absolute Gasteiger partial charge is 0.454 e. The second-order valence-corrected chi connectivity index (χ2v) is 7.79. The van der Waals surface area contributed by atoms with E-state index in [1.165, 1.54) is 11.8 Å². The van der Waals surface area contributed by atoms with Crippen molar-refractivity contribution in [1.82, 2.24) is 0 Å². The van der Waals surface area contributed by atoms with Crippen molar-refractivity contribution < 1.29 is 19.1 Å². The predicted octanol–water partition coefficient (Wildman–Crippen LogP) is 4.50. The molecule has 6 heteroatoms. The lowest BCUT2D eigenvalue weighted by Crippen LogP contribution is -2.25. The zero-order valence-corrected chi connectivity index (χ0v) is 17.3. The van der Waals surface area contributed by atoms with Gasteiger partial charge in [0.25, 0.3) is 0 Å². The Labute approximate surface area is 169 Å². The van der Waals surface area contributed by atoms with E-state index in [1.807, 2.05) is 31.2 Å². The fraction of sp³-hybridized carbons (Fsp3) is 0.318. The van der Waals surface area contributed by atoms with Crippen LogP contribution in [0.2, 0.25) is 0 Å². The van der Waals surface area contributed by atoms with Crippen LogP contribution < -0.4 is 5.32 Å². The number of ketones is 1. The average Bonchev–Trinajstić information content (AvgIpc) is 2.67. The van der Waals surface area contributed by atoms with Gasteiger partial charge in [-0.3, -0.25) is 14.4 Å². The molecule has 0 heterocycles. The molecule has 0 aliphatic carbocycles. The summed E-state index contributed by atoms with van der Waals surface area (Å²) in [5.41, 5.74) is 2.14. The van der Waals surface area contributed by atoms with Gasteiger partial charge in [-0.1, -0.05) is 32.0 Å². The summed E-state index contributed by atoms with van der Waals surface area (Å²) < 4.78 is 5.28. The number of hydrogen-bond donors (Lipinski definition) is 1. The third-order valence-electron chi connectivity index (χ3n) is 4.08. The number of carbonyl (C=O) groups excluding carboxylic acids is 3. The molecule has 0 aromatic heterocycles. The minimum absolute atomic E-state index is 0.0903. The van der Waals surface area contributed by atoms with E-state index < -0.39 is 12.1 Å². The van der Waals surface area contributed by atoms with Crippen LogP contribution in [0.4, 0.5) is 5.69 Å². The molecular formula is C22H25NO4S. The van der Waals surface area contributed by atoms with Crippen molar-refractivity contribution in [3.05, 3.63) is 59.7 Å². The van der Waals surface area contributed by atoms with E-state index in [1.54, 1.807) is 45.0 Å². The third kappa shape index (κ3) is 6.23. The number of nitrogens with one attached hydrogen (secondary N) is 1. The summed E-state index contributed by atoms with van der Waals surface area (Å²) in [6.45, 7) is 7.15. The highest BCUT2D eigenvalue weighted by atomic mass is 32.2. The van der Waals surface area contributed by atoms with Gasteiger partial charge in [0, 0.05) is 22.1 Å². The van der Waals surface area contributed by atoms with Gasteiger partial charge < -0.3 is 10.1 Å². The molecule has 0 radical (unpaired) electrons. The zero-order chi connectivity index (χ0) is 20.7. The first-order valence-electron chi connectivity index (χ1n) is 9.11. The first-order chi connectivity index (χ1) is 13.3. The van der Waals surface area contributed by atoms with Crippen molar-refractivity contribution in [2.45, 2.75) is 38.7 Å². The Morgan fingerprint density at radius 2 is 1.64 bits per heavy atom. The van der Waals surface area contributed by atoms with Crippen LogP contribution in [0.5, 0.6) is 0 Å². The molecule has 1 amide bonds. The fourth-order valence-corrected chi connectivity index (χ4v) is 3.19. The third-order valence-corrected chi connectivity index (χ3v) is 5.23. The molecular weight excluding hydrogens is 374 g/mol. The molecule has 0 aliphatic heterocycles. The minimum Gasteiger partial charge on any atom is -0.454 e. The van der Waals surface area contributed by atoms with Gasteiger partial charge in [-0.2, -0.15) is 0 Å². The summed E-state index contributed by atoms with van der Waals surface area (Å²) in [6, 6.07) is 14.3. The summed E-state index contributed by atoms with van der Waals surface area (Å²) in [5, 5.41) is 2.77. The van der Waals surface area contributed by atoms with E-state index >= 15 is 0 Å². The molecule has 1 unspecified atom stereocenters. The second kappa shape index (κ2) is 10.1. The number of carbonyl (C=O) groups is 3. The number of amides is 1. The van der Waals surface area contributed by atoms with E-state index in [0.717, 1.165) is 10.5 Å². The first-order valence-corrected chi connectivity index (χ1v) is 10.1. The topological polar surface area (TPSA) is 72.5 Å². The maximum Gasteiger partial charge on any atom is 0.316 e. The van der Waals surface area contributed by atoms with Crippen LogP contribution in [0.15, 0.2) is 53.4 Å². The number of anilines is 1. The molecule has 0 fully saturated rings. The number of hydrogen-bond acceptors (Lipinski definition) is 5. The van der Waals surface area contributed by atoms with Crippen LogP contribution in [0.3, 0.4) is 0 Å². The van der Waals surface area contributed by atoms with E-state index in [4.69, 9.17) is 4.74 Å². The monoisotopic (exact) mass is 399 g/mol. The molecule has 2 aromatic carbocycles. The van der Waals surface area contributed by atoms with Crippen molar-refractivity contribution in [3.63, 3.8) is 0 Å². The molecule has 0 bridgehead atoms. The van der Waals surface area contributed by atoms with Crippen LogP contribution in [0.25, 0.3) is 0 Å². The van der Waals surface area contributed by atoms with E-state index in [0.29, 0.717) is 11.3 Å². The number of ether oxygens (including phenoxy) is 1. The summed E-state index contributed by atoms with van der Waals surface area (Å²) in [5.74, 6) is -0.792. The van der Waals surface area contributed by atoms with Gasteiger partial charge in [-0.25, -0.2) is 0 Å². The highest BCUT2D eigenvalue weighted by Gasteiger charge is 2.20. The van der Waals surface area contributed by atoms with Crippen LogP contribution >= 0.6 is 11.8 Å². The molecule has 2 aromatic rings. The Hall–Kier alpha value is -2.60. The Morgan fingerprint density at radius 1 is 1.00 bits per heavy atom. The lowest BCUT2D eigenvalue weighted by Gasteiger charge is -2.13. The zero-order valence-electron chi connectivity index (χ0n) is 16.5. The van der Waals surface area contributed by atoms with Gasteiger partial charge >= 0.3 is 5.97 Å². The van der Waals surface area contributed by atoms with E-state index in [-0.39, 0.29) is 23.4 Å². The van der Waals surface area contributed by atoms with Crippen LogP contribution in [0.1, 0.15) is 36.7 Å². The molecule has 0 aliphatic rings. The van der Waals surface area contributed by atoms with Crippen molar-refractivity contribution in [3.8, 4) is 0 Å². The maximum absolute atomic E-state index is 12.5. The lowest BCUT2D eigenvalue weighted by molar-refractivity contribution is -0.143. The summed E-state index contributed by atoms with van der Waals surface area (Å²) in [6.07, 6.45) is -0.874. The number of Topliss-reactive ketones (excluding diaryl/α,β-unsaturated/α-hetero) is 1. The van der Waals surface area contributed by atoms with Crippen molar-refractivity contribution in [1.29, 1.82) is 0 Å². The molecule has 1 atom stereocenters. The number of aryl methyl sites for hydroxylation is 1. The molecule has 28 heavy (non-hydrogen) atoms. The number of benzene rings is 2. The molecule has 0 spiro atoms. The quantitative estimate of drug-likeness (QED) is 0.402. The van der Waals surface area contributed by atoms with Gasteiger partial charge in [0.05, 0.1) is 5.75 Å². The van der Waals surface area contributed by atoms with Gasteiger partial charge in [0.1, 0.15) is 0 Å². The van der Waals surface area contributed by atoms with Crippen LogP contribution in [0, 0.1) is 12.8 Å². The molecule has 0 saturated carbocycles. The Morgan fingerprint density at radius 3 is 2.25 bits per heavy atom. The SMILES string of the molecule is Cc1ccccc1SCC(=O)OC(C)C(=O)c1ccc(NC(=O)C(C)C)cc1. The number of rotatable bonds is 8. The Balaban J connectivity index is 1.88. The standard InChI is InChI=1S/C22H25NO4S/c1-14(2)22(26)23-18-11-9-17(10-12-18)21(25)16(4)27-20(24)13-28-19-8-6-5-7-15(19)3/h5-12,14,16H,13H2,1-4H3,(H,23,26). The van der Waals surface area contributed by atoms with Gasteiger partial charge in [0.2, 0.25) is 11.7 Å².